The van der Waals surface area contributed by atoms with Crippen LogP contribution in [0.4, 0.5) is 10.3 Å². The van der Waals surface area contributed by atoms with Gasteiger partial charge in [0.05, 0.1) is 38.4 Å². The lowest BCUT2D eigenvalue weighted by Crippen LogP contribution is -2.18. The van der Waals surface area contributed by atoms with E-state index in [2.05, 4.69) is 9.97 Å². The maximum atomic E-state index is 14.9. The summed E-state index contributed by atoms with van der Waals surface area (Å²) in [5.74, 6) is 1.77. The summed E-state index contributed by atoms with van der Waals surface area (Å²) in [7, 11) is 3.17. The van der Waals surface area contributed by atoms with Gasteiger partial charge in [0, 0.05) is 36.0 Å². The SMILES string of the molecule is COc1ccc(CN(Sc2cc3c(cc2F)C(O)CCO3)c2ncccn2)c(OC)c1. The van der Waals surface area contributed by atoms with Gasteiger partial charge in [0.25, 0.3) is 0 Å². The van der Waals surface area contributed by atoms with Gasteiger partial charge in [-0.15, -0.1) is 0 Å². The molecule has 2 aromatic carbocycles. The van der Waals surface area contributed by atoms with E-state index in [4.69, 9.17) is 14.2 Å². The summed E-state index contributed by atoms with van der Waals surface area (Å²) in [5, 5.41) is 10.1. The second-order valence-electron chi connectivity index (χ2n) is 6.83. The summed E-state index contributed by atoms with van der Waals surface area (Å²) in [6, 6.07) is 10.2. The monoisotopic (exact) mass is 443 g/mol. The van der Waals surface area contributed by atoms with Gasteiger partial charge in [0.1, 0.15) is 23.1 Å². The number of aromatic nitrogens is 2. The fourth-order valence-corrected chi connectivity index (χ4v) is 4.18. The lowest BCUT2D eigenvalue weighted by molar-refractivity contribution is 0.114. The first-order valence-electron chi connectivity index (χ1n) is 9.66. The van der Waals surface area contributed by atoms with Crippen molar-refractivity contribution in [3.05, 3.63) is 65.7 Å². The normalized spacial score (nSPS) is 15.0. The zero-order valence-electron chi connectivity index (χ0n) is 17.1. The Morgan fingerprint density at radius 1 is 1.19 bits per heavy atom. The second-order valence-corrected chi connectivity index (χ2v) is 7.89. The van der Waals surface area contributed by atoms with Crippen LogP contribution in [0, 0.1) is 5.82 Å². The van der Waals surface area contributed by atoms with Crippen LogP contribution in [0.25, 0.3) is 0 Å². The quantitative estimate of drug-likeness (QED) is 0.546. The summed E-state index contributed by atoms with van der Waals surface area (Å²) < 4.78 is 33.1. The molecule has 2 heterocycles. The first-order valence-corrected chi connectivity index (χ1v) is 10.4. The first kappa shape index (κ1) is 21.2. The number of fused-ring (bicyclic) bond motifs is 1. The van der Waals surface area contributed by atoms with Crippen molar-refractivity contribution in [2.45, 2.75) is 24.0 Å². The Balaban J connectivity index is 1.68. The van der Waals surface area contributed by atoms with Crippen LogP contribution < -0.4 is 18.5 Å². The molecular formula is C22H22FN3O4S. The fourth-order valence-electron chi connectivity index (χ4n) is 3.26. The van der Waals surface area contributed by atoms with E-state index in [1.807, 2.05) is 12.1 Å². The molecule has 3 aromatic rings. The van der Waals surface area contributed by atoms with Crippen LogP contribution in [-0.2, 0) is 6.54 Å². The van der Waals surface area contributed by atoms with Crippen LogP contribution in [0.2, 0.25) is 0 Å². The number of nitrogens with zero attached hydrogens (tertiary/aromatic N) is 3. The summed E-state index contributed by atoms with van der Waals surface area (Å²) in [6.07, 6.45) is 2.97. The summed E-state index contributed by atoms with van der Waals surface area (Å²) in [5.41, 5.74) is 1.32. The highest BCUT2D eigenvalue weighted by Crippen LogP contribution is 2.39. The van der Waals surface area contributed by atoms with Crippen molar-refractivity contribution in [1.82, 2.24) is 9.97 Å². The molecule has 0 saturated heterocycles. The van der Waals surface area contributed by atoms with Gasteiger partial charge in [-0.3, -0.25) is 4.31 Å². The molecule has 1 aliphatic rings. The minimum atomic E-state index is -0.727. The van der Waals surface area contributed by atoms with Gasteiger partial charge in [-0.1, -0.05) is 0 Å². The predicted octanol–water partition coefficient (Wildman–Crippen LogP) is 4.16. The fraction of sp³-hybridized carbons (Fsp3) is 0.273. The Hall–Kier alpha value is -3.04. The Kier molecular flexibility index (Phi) is 6.43. The van der Waals surface area contributed by atoms with E-state index >= 15 is 0 Å². The molecule has 0 spiro atoms. The van der Waals surface area contributed by atoms with E-state index in [1.165, 1.54) is 6.07 Å². The number of halogens is 1. The molecule has 0 aliphatic carbocycles. The van der Waals surface area contributed by atoms with Crippen LogP contribution in [-0.4, -0.2) is 35.9 Å². The predicted molar refractivity (Wildman–Crippen MR) is 115 cm³/mol. The Morgan fingerprint density at radius 3 is 2.74 bits per heavy atom. The van der Waals surface area contributed by atoms with Gasteiger partial charge in [-0.2, -0.15) is 0 Å². The standard InChI is InChI=1S/C22H22FN3O4S/c1-28-15-5-4-14(19(10-15)29-2)13-26(22-24-7-3-8-25-22)31-21-12-20-16(11-17(21)23)18(27)6-9-30-20/h3-5,7-8,10-12,18,27H,6,9,13H2,1-2H3. The highest BCUT2D eigenvalue weighted by atomic mass is 32.2. The zero-order valence-corrected chi connectivity index (χ0v) is 17.9. The average molecular weight is 444 g/mol. The van der Waals surface area contributed by atoms with Crippen molar-refractivity contribution in [1.29, 1.82) is 0 Å². The van der Waals surface area contributed by atoms with E-state index in [0.717, 1.165) is 17.5 Å². The number of hydrogen-bond acceptors (Lipinski definition) is 8. The molecule has 9 heteroatoms. The van der Waals surface area contributed by atoms with E-state index < -0.39 is 11.9 Å². The molecule has 1 unspecified atom stereocenters. The second kappa shape index (κ2) is 9.40. The Morgan fingerprint density at radius 2 is 2.00 bits per heavy atom. The number of ether oxygens (including phenoxy) is 3. The molecule has 7 nitrogen and oxygen atoms in total. The van der Waals surface area contributed by atoms with Crippen molar-refractivity contribution in [3.8, 4) is 17.2 Å². The smallest absolute Gasteiger partial charge is 0.236 e. The lowest BCUT2D eigenvalue weighted by atomic mass is 10.0. The van der Waals surface area contributed by atoms with Crippen molar-refractivity contribution in [3.63, 3.8) is 0 Å². The highest BCUT2D eigenvalue weighted by molar-refractivity contribution is 8.00. The summed E-state index contributed by atoms with van der Waals surface area (Å²) >= 11 is 1.15. The number of anilines is 1. The van der Waals surface area contributed by atoms with Crippen LogP contribution in [0.1, 0.15) is 23.7 Å². The zero-order chi connectivity index (χ0) is 21.8. The van der Waals surface area contributed by atoms with Crippen molar-refractivity contribution >= 4 is 17.9 Å². The average Bonchev–Trinajstić information content (AvgIpc) is 2.80. The van der Waals surface area contributed by atoms with Crippen LogP contribution in [0.15, 0.2) is 53.7 Å². The molecular weight excluding hydrogens is 421 g/mol. The number of aliphatic hydroxyl groups is 1. The molecule has 162 valence electrons. The van der Waals surface area contributed by atoms with E-state index in [1.54, 1.807) is 49.1 Å². The van der Waals surface area contributed by atoms with Crippen LogP contribution >= 0.6 is 11.9 Å². The topological polar surface area (TPSA) is 76.9 Å². The molecule has 1 atom stereocenters. The first-order chi connectivity index (χ1) is 15.1. The minimum Gasteiger partial charge on any atom is -0.497 e. The number of benzene rings is 2. The molecule has 1 aliphatic heterocycles. The molecule has 0 bridgehead atoms. The molecule has 31 heavy (non-hydrogen) atoms. The molecule has 0 saturated carbocycles. The maximum absolute atomic E-state index is 14.9. The third-order valence-electron chi connectivity index (χ3n) is 4.86. The van der Waals surface area contributed by atoms with Crippen molar-refractivity contribution in [2.24, 2.45) is 0 Å². The number of aliphatic hydroxyl groups excluding tert-OH is 1. The summed E-state index contributed by atoms with van der Waals surface area (Å²) in [6.45, 7) is 0.736. The van der Waals surface area contributed by atoms with Crippen LogP contribution in [0.3, 0.4) is 0 Å². The minimum absolute atomic E-state index is 0.341. The molecule has 0 radical (unpaired) electrons. The maximum Gasteiger partial charge on any atom is 0.236 e. The van der Waals surface area contributed by atoms with Gasteiger partial charge in [0.15, 0.2) is 0 Å². The van der Waals surface area contributed by atoms with Gasteiger partial charge in [0.2, 0.25) is 5.95 Å². The van der Waals surface area contributed by atoms with Gasteiger partial charge in [-0.05, 0) is 42.3 Å². The van der Waals surface area contributed by atoms with Gasteiger partial charge >= 0.3 is 0 Å². The van der Waals surface area contributed by atoms with Gasteiger partial charge in [-0.25, -0.2) is 14.4 Å². The van der Waals surface area contributed by atoms with E-state index in [9.17, 15) is 9.50 Å². The van der Waals surface area contributed by atoms with Crippen molar-refractivity contribution in [2.75, 3.05) is 25.1 Å². The van der Waals surface area contributed by atoms with Crippen LogP contribution in [0.5, 0.6) is 17.2 Å². The number of hydrogen-bond donors (Lipinski definition) is 1. The van der Waals surface area contributed by atoms with E-state index in [0.29, 0.717) is 53.2 Å². The number of rotatable bonds is 7. The molecule has 4 rings (SSSR count). The third kappa shape index (κ3) is 4.67. The highest BCUT2D eigenvalue weighted by Gasteiger charge is 2.24. The van der Waals surface area contributed by atoms with E-state index in [-0.39, 0.29) is 0 Å². The molecule has 1 N–H and O–H groups in total. The Bertz CT molecular complexity index is 1050. The van der Waals surface area contributed by atoms with Crippen molar-refractivity contribution < 1.29 is 23.7 Å². The largest absolute Gasteiger partial charge is 0.497 e. The lowest BCUT2D eigenvalue weighted by Gasteiger charge is -2.25. The third-order valence-corrected chi connectivity index (χ3v) is 5.89. The molecule has 0 fully saturated rings. The molecule has 0 amide bonds. The molecule has 1 aromatic heterocycles. The number of methoxy groups -OCH3 is 2. The Labute approximate surface area is 183 Å². The van der Waals surface area contributed by atoms with Gasteiger partial charge < -0.3 is 19.3 Å². The summed E-state index contributed by atoms with van der Waals surface area (Å²) in [4.78, 5) is 8.99.